The van der Waals surface area contributed by atoms with E-state index in [-0.39, 0.29) is 18.1 Å². The normalized spacial score (nSPS) is 23.6. The number of pyridine rings is 1. The van der Waals surface area contributed by atoms with Gasteiger partial charge < -0.3 is 15.8 Å². The van der Waals surface area contributed by atoms with Crippen molar-refractivity contribution in [3.8, 4) is 0 Å². The molecule has 2 rings (SSSR count). The summed E-state index contributed by atoms with van der Waals surface area (Å²) < 4.78 is 5.52. The van der Waals surface area contributed by atoms with E-state index in [1.54, 1.807) is 12.4 Å². The Bertz CT molecular complexity index is 408. The molecule has 2 unspecified atom stereocenters. The SMILES string of the molecule is Cc1cncc(NC(=O)C2CCC(CN)O2)c1. The molecule has 1 aromatic heterocycles. The Hall–Kier alpha value is -1.46. The summed E-state index contributed by atoms with van der Waals surface area (Å²) in [6.07, 6.45) is 4.57. The van der Waals surface area contributed by atoms with Gasteiger partial charge in [-0.25, -0.2) is 0 Å². The molecule has 0 saturated carbocycles. The van der Waals surface area contributed by atoms with Gasteiger partial charge in [0, 0.05) is 12.7 Å². The Morgan fingerprint density at radius 3 is 3.06 bits per heavy atom. The smallest absolute Gasteiger partial charge is 0.253 e. The van der Waals surface area contributed by atoms with Gasteiger partial charge in [0.25, 0.3) is 5.91 Å². The highest BCUT2D eigenvalue weighted by atomic mass is 16.5. The van der Waals surface area contributed by atoms with Crippen molar-refractivity contribution in [1.82, 2.24) is 4.98 Å². The molecule has 3 N–H and O–H groups in total. The first-order valence-electron chi connectivity index (χ1n) is 5.77. The monoisotopic (exact) mass is 235 g/mol. The number of nitrogens with two attached hydrogens (primary N) is 1. The minimum atomic E-state index is -0.385. The lowest BCUT2D eigenvalue weighted by Crippen LogP contribution is -2.29. The predicted octanol–water partition coefficient (Wildman–Crippen LogP) is 0.835. The molecule has 0 bridgehead atoms. The number of hydrogen-bond acceptors (Lipinski definition) is 4. The molecule has 17 heavy (non-hydrogen) atoms. The number of hydrogen-bond donors (Lipinski definition) is 2. The summed E-state index contributed by atoms with van der Waals surface area (Å²) >= 11 is 0. The Labute approximate surface area is 100 Å². The molecule has 1 aliphatic heterocycles. The zero-order valence-electron chi connectivity index (χ0n) is 9.85. The van der Waals surface area contributed by atoms with Gasteiger partial charge in [0.1, 0.15) is 6.10 Å². The molecule has 0 radical (unpaired) electrons. The summed E-state index contributed by atoms with van der Waals surface area (Å²) in [6, 6.07) is 1.88. The molecule has 2 atom stereocenters. The lowest BCUT2D eigenvalue weighted by atomic mass is 10.2. The maximum absolute atomic E-state index is 11.9. The van der Waals surface area contributed by atoms with Crippen molar-refractivity contribution in [3.63, 3.8) is 0 Å². The molecule has 92 valence electrons. The fourth-order valence-corrected chi connectivity index (χ4v) is 1.92. The van der Waals surface area contributed by atoms with E-state index in [1.807, 2.05) is 13.0 Å². The van der Waals surface area contributed by atoms with Crippen molar-refractivity contribution < 1.29 is 9.53 Å². The molecule has 1 amide bonds. The van der Waals surface area contributed by atoms with Gasteiger partial charge in [0.05, 0.1) is 18.0 Å². The molecule has 2 heterocycles. The van der Waals surface area contributed by atoms with Gasteiger partial charge in [-0.05, 0) is 31.4 Å². The zero-order chi connectivity index (χ0) is 12.3. The minimum absolute atomic E-state index is 0.0152. The highest BCUT2D eigenvalue weighted by molar-refractivity contribution is 5.94. The van der Waals surface area contributed by atoms with Crippen LogP contribution in [0, 0.1) is 6.92 Å². The summed E-state index contributed by atoms with van der Waals surface area (Å²) in [4.78, 5) is 15.9. The van der Waals surface area contributed by atoms with Crippen molar-refractivity contribution in [3.05, 3.63) is 24.0 Å². The molecule has 5 heteroatoms. The average molecular weight is 235 g/mol. The lowest BCUT2D eigenvalue weighted by Gasteiger charge is -2.12. The van der Waals surface area contributed by atoms with Crippen LogP contribution in [0.25, 0.3) is 0 Å². The van der Waals surface area contributed by atoms with Crippen LogP contribution < -0.4 is 11.1 Å². The summed E-state index contributed by atoms with van der Waals surface area (Å²) in [6.45, 7) is 2.40. The summed E-state index contributed by atoms with van der Waals surface area (Å²) in [5.41, 5.74) is 7.21. The molecular formula is C12H17N3O2. The van der Waals surface area contributed by atoms with Gasteiger partial charge in [0.15, 0.2) is 0 Å². The van der Waals surface area contributed by atoms with Crippen LogP contribution in [0.5, 0.6) is 0 Å². The Morgan fingerprint density at radius 2 is 2.41 bits per heavy atom. The number of nitrogens with zero attached hydrogens (tertiary/aromatic N) is 1. The van der Waals surface area contributed by atoms with Crippen molar-refractivity contribution in [2.24, 2.45) is 5.73 Å². The van der Waals surface area contributed by atoms with Gasteiger partial charge in [0.2, 0.25) is 0 Å². The number of nitrogens with one attached hydrogen (secondary N) is 1. The van der Waals surface area contributed by atoms with E-state index in [0.717, 1.165) is 18.4 Å². The second kappa shape index (κ2) is 5.25. The predicted molar refractivity (Wildman–Crippen MR) is 64.6 cm³/mol. The number of aromatic nitrogens is 1. The first-order chi connectivity index (χ1) is 8.19. The summed E-state index contributed by atoms with van der Waals surface area (Å²) in [5.74, 6) is -0.117. The Balaban J connectivity index is 1.93. The van der Waals surface area contributed by atoms with Crippen LogP contribution >= 0.6 is 0 Å². The van der Waals surface area contributed by atoms with Gasteiger partial charge in [-0.1, -0.05) is 0 Å². The van der Waals surface area contributed by atoms with Crippen LogP contribution in [-0.2, 0) is 9.53 Å². The Morgan fingerprint density at radius 1 is 1.59 bits per heavy atom. The number of amides is 1. The maximum Gasteiger partial charge on any atom is 0.253 e. The molecule has 1 saturated heterocycles. The van der Waals surface area contributed by atoms with E-state index < -0.39 is 0 Å². The van der Waals surface area contributed by atoms with E-state index in [9.17, 15) is 4.79 Å². The molecule has 1 aliphatic rings. The van der Waals surface area contributed by atoms with E-state index in [0.29, 0.717) is 12.2 Å². The molecule has 1 aromatic rings. The fourth-order valence-electron chi connectivity index (χ4n) is 1.92. The van der Waals surface area contributed by atoms with Gasteiger partial charge in [-0.2, -0.15) is 0 Å². The molecule has 5 nitrogen and oxygen atoms in total. The Kier molecular flexibility index (Phi) is 3.71. The van der Waals surface area contributed by atoms with Crippen LogP contribution in [-0.4, -0.2) is 29.6 Å². The number of aryl methyl sites for hydroxylation is 1. The molecular weight excluding hydrogens is 218 g/mol. The summed E-state index contributed by atoms with van der Waals surface area (Å²) in [5, 5.41) is 2.80. The van der Waals surface area contributed by atoms with E-state index in [4.69, 9.17) is 10.5 Å². The molecule has 1 fully saturated rings. The number of carbonyl (C=O) groups excluding carboxylic acids is 1. The molecule has 0 aliphatic carbocycles. The van der Waals surface area contributed by atoms with Gasteiger partial charge >= 0.3 is 0 Å². The number of carbonyl (C=O) groups is 1. The topological polar surface area (TPSA) is 77.2 Å². The van der Waals surface area contributed by atoms with Gasteiger partial charge in [-0.3, -0.25) is 9.78 Å². The van der Waals surface area contributed by atoms with Crippen molar-refractivity contribution in [1.29, 1.82) is 0 Å². The van der Waals surface area contributed by atoms with Crippen LogP contribution in [0.4, 0.5) is 5.69 Å². The number of rotatable bonds is 3. The van der Waals surface area contributed by atoms with E-state index >= 15 is 0 Å². The maximum atomic E-state index is 11.9. The number of anilines is 1. The number of ether oxygens (including phenoxy) is 1. The van der Waals surface area contributed by atoms with Crippen molar-refractivity contribution in [2.75, 3.05) is 11.9 Å². The van der Waals surface area contributed by atoms with Crippen LogP contribution in [0.1, 0.15) is 18.4 Å². The van der Waals surface area contributed by atoms with E-state index in [2.05, 4.69) is 10.3 Å². The van der Waals surface area contributed by atoms with Gasteiger partial charge in [-0.15, -0.1) is 0 Å². The third-order valence-corrected chi connectivity index (χ3v) is 2.81. The first kappa shape index (κ1) is 12.0. The van der Waals surface area contributed by atoms with Crippen LogP contribution in [0.15, 0.2) is 18.5 Å². The minimum Gasteiger partial charge on any atom is -0.364 e. The third kappa shape index (κ3) is 3.01. The third-order valence-electron chi connectivity index (χ3n) is 2.81. The second-order valence-electron chi connectivity index (χ2n) is 4.30. The van der Waals surface area contributed by atoms with Crippen molar-refractivity contribution in [2.45, 2.75) is 32.0 Å². The van der Waals surface area contributed by atoms with Crippen LogP contribution in [0.2, 0.25) is 0 Å². The lowest BCUT2D eigenvalue weighted by molar-refractivity contribution is -0.126. The van der Waals surface area contributed by atoms with Crippen LogP contribution in [0.3, 0.4) is 0 Å². The average Bonchev–Trinajstić information content (AvgIpc) is 2.77. The largest absolute Gasteiger partial charge is 0.364 e. The quantitative estimate of drug-likeness (QED) is 0.813. The molecule has 0 spiro atoms. The van der Waals surface area contributed by atoms with Crippen molar-refractivity contribution >= 4 is 11.6 Å². The first-order valence-corrected chi connectivity index (χ1v) is 5.77. The standard InChI is InChI=1S/C12H17N3O2/c1-8-4-9(7-14-6-8)15-12(16)11-3-2-10(5-13)17-11/h4,6-7,10-11H,2-3,5,13H2,1H3,(H,15,16). The fraction of sp³-hybridized carbons (Fsp3) is 0.500. The highest BCUT2D eigenvalue weighted by Crippen LogP contribution is 2.20. The molecule has 0 aromatic carbocycles. The highest BCUT2D eigenvalue weighted by Gasteiger charge is 2.29. The van der Waals surface area contributed by atoms with E-state index in [1.165, 1.54) is 0 Å². The zero-order valence-corrected chi connectivity index (χ0v) is 9.85. The summed E-state index contributed by atoms with van der Waals surface area (Å²) in [7, 11) is 0. The second-order valence-corrected chi connectivity index (χ2v) is 4.30.